The second kappa shape index (κ2) is 12.5. The molecular formula is C21H30O4S. The number of benzene rings is 1. The van der Waals surface area contributed by atoms with Crippen molar-refractivity contribution in [2.75, 3.05) is 6.61 Å². The van der Waals surface area contributed by atoms with E-state index in [0.29, 0.717) is 0 Å². The van der Waals surface area contributed by atoms with Gasteiger partial charge < -0.3 is 4.74 Å². The van der Waals surface area contributed by atoms with E-state index in [4.69, 9.17) is 4.74 Å². The summed E-state index contributed by atoms with van der Waals surface area (Å²) in [6.45, 7) is 5.66. The Morgan fingerprint density at radius 3 is 2.38 bits per heavy atom. The Morgan fingerprint density at radius 1 is 1.12 bits per heavy atom. The Bertz CT molecular complexity index is 663. The number of ether oxygens (including phenoxy) is 1. The summed E-state index contributed by atoms with van der Waals surface area (Å²) in [5, 5.41) is -0.898. The van der Waals surface area contributed by atoms with Crippen molar-refractivity contribution in [3.63, 3.8) is 0 Å². The van der Waals surface area contributed by atoms with Gasteiger partial charge in [0, 0.05) is 0 Å². The van der Waals surface area contributed by atoms with Crippen molar-refractivity contribution < 1.29 is 17.9 Å². The average molecular weight is 379 g/mol. The van der Waals surface area contributed by atoms with Crippen molar-refractivity contribution in [1.82, 2.24) is 0 Å². The molecule has 0 amide bonds. The second-order valence-electron chi connectivity index (χ2n) is 6.11. The van der Waals surface area contributed by atoms with E-state index >= 15 is 0 Å². The van der Waals surface area contributed by atoms with Crippen LogP contribution >= 0.6 is 0 Å². The lowest BCUT2D eigenvalue weighted by Crippen LogP contribution is -2.24. The fraction of sp³-hybridized carbons (Fsp3) is 0.476. The maximum Gasteiger partial charge on any atom is 0.307 e. The van der Waals surface area contributed by atoms with E-state index in [1.54, 1.807) is 43.3 Å². The van der Waals surface area contributed by atoms with Gasteiger partial charge in [-0.3, -0.25) is 4.79 Å². The van der Waals surface area contributed by atoms with Crippen LogP contribution in [0, 0.1) is 0 Å². The summed E-state index contributed by atoms with van der Waals surface area (Å²) in [6.07, 6.45) is 11.5. The lowest BCUT2D eigenvalue weighted by atomic mass is 10.1. The summed E-state index contributed by atoms with van der Waals surface area (Å²) in [5.41, 5.74) is 0. The third-order valence-electron chi connectivity index (χ3n) is 4.02. The lowest BCUT2D eigenvalue weighted by molar-refractivity contribution is -0.142. The van der Waals surface area contributed by atoms with Crippen LogP contribution in [0.3, 0.4) is 0 Å². The van der Waals surface area contributed by atoms with Crippen LogP contribution in [-0.4, -0.2) is 26.2 Å². The van der Waals surface area contributed by atoms with Gasteiger partial charge in [0.15, 0.2) is 9.84 Å². The quantitative estimate of drug-likeness (QED) is 0.279. The molecule has 0 bridgehead atoms. The first-order valence-electron chi connectivity index (χ1n) is 9.24. The highest BCUT2D eigenvalue weighted by Crippen LogP contribution is 2.20. The van der Waals surface area contributed by atoms with Gasteiger partial charge in [-0.1, -0.05) is 49.3 Å². The van der Waals surface area contributed by atoms with Crippen LogP contribution in [0.1, 0.15) is 51.9 Å². The monoisotopic (exact) mass is 378 g/mol. The Hall–Kier alpha value is -1.88. The summed E-state index contributed by atoms with van der Waals surface area (Å²) >= 11 is 0. The van der Waals surface area contributed by atoms with Crippen LogP contribution in [0.15, 0.2) is 60.0 Å². The summed E-state index contributed by atoms with van der Waals surface area (Å²) in [6, 6.07) is 8.24. The first kappa shape index (κ1) is 22.2. The molecule has 0 fully saturated rings. The molecule has 1 rings (SSSR count). The van der Waals surface area contributed by atoms with Crippen LogP contribution in [0.5, 0.6) is 0 Å². The molecule has 0 saturated heterocycles. The Balaban J connectivity index is 2.71. The number of hydrogen-bond donors (Lipinski definition) is 0. The third kappa shape index (κ3) is 8.00. The molecule has 5 heteroatoms. The normalized spacial score (nSPS) is 12.8. The van der Waals surface area contributed by atoms with Gasteiger partial charge in [-0.2, -0.15) is 0 Å². The predicted octanol–water partition coefficient (Wildman–Crippen LogP) is 4.86. The average Bonchev–Trinajstić information content (AvgIpc) is 2.63. The molecule has 0 N–H and O–H groups in total. The Kier molecular flexibility index (Phi) is 10.6. The van der Waals surface area contributed by atoms with E-state index in [2.05, 4.69) is 6.58 Å². The zero-order valence-corrected chi connectivity index (χ0v) is 16.4. The number of carbonyl (C=O) groups is 1. The molecule has 0 saturated carbocycles. The molecule has 144 valence electrons. The van der Waals surface area contributed by atoms with Crippen LogP contribution in [0.4, 0.5) is 0 Å². The fourth-order valence-electron chi connectivity index (χ4n) is 2.60. The molecule has 1 atom stereocenters. The van der Waals surface area contributed by atoms with E-state index < -0.39 is 21.1 Å². The lowest BCUT2D eigenvalue weighted by Gasteiger charge is -2.13. The number of unbranched alkanes of at least 4 members (excludes halogenated alkanes) is 5. The highest BCUT2D eigenvalue weighted by atomic mass is 32.2. The highest BCUT2D eigenvalue weighted by molar-refractivity contribution is 7.92. The van der Waals surface area contributed by atoms with Crippen molar-refractivity contribution in [2.45, 2.75) is 62.0 Å². The van der Waals surface area contributed by atoms with E-state index in [-0.39, 0.29) is 17.9 Å². The molecule has 0 aliphatic heterocycles. The van der Waals surface area contributed by atoms with Gasteiger partial charge in [-0.05, 0) is 44.7 Å². The zero-order valence-electron chi connectivity index (χ0n) is 15.6. The standard InChI is InChI=1S/C21H30O4S/c1-3-5-6-7-8-9-10-12-17-20(18-21(22)25-4-2)26(23,24)19-15-13-11-14-16-19/h3,11-17,20H,1,4-10,18H2,2H3/b17-12+. The van der Waals surface area contributed by atoms with Gasteiger partial charge in [0.25, 0.3) is 0 Å². The maximum absolute atomic E-state index is 12.8. The van der Waals surface area contributed by atoms with Gasteiger partial charge >= 0.3 is 5.97 Å². The van der Waals surface area contributed by atoms with Crippen molar-refractivity contribution in [3.8, 4) is 0 Å². The first-order chi connectivity index (χ1) is 12.5. The minimum absolute atomic E-state index is 0.166. The number of sulfone groups is 1. The molecule has 0 aliphatic rings. The minimum Gasteiger partial charge on any atom is -0.466 e. The van der Waals surface area contributed by atoms with Crippen molar-refractivity contribution in [2.24, 2.45) is 0 Å². The molecule has 4 nitrogen and oxygen atoms in total. The maximum atomic E-state index is 12.8. The van der Waals surface area contributed by atoms with Gasteiger partial charge in [-0.15, -0.1) is 6.58 Å². The van der Waals surface area contributed by atoms with E-state index in [9.17, 15) is 13.2 Å². The summed E-state index contributed by atoms with van der Waals surface area (Å²) in [5.74, 6) is -0.494. The number of allylic oxidation sites excluding steroid dienone is 2. The van der Waals surface area contributed by atoms with Gasteiger partial charge in [0.2, 0.25) is 0 Å². The zero-order chi connectivity index (χ0) is 19.3. The van der Waals surface area contributed by atoms with Crippen molar-refractivity contribution in [1.29, 1.82) is 0 Å². The number of hydrogen-bond acceptors (Lipinski definition) is 4. The van der Waals surface area contributed by atoms with E-state index in [0.717, 1.165) is 38.5 Å². The molecule has 0 heterocycles. The molecule has 0 aliphatic carbocycles. The molecule has 1 unspecified atom stereocenters. The fourth-order valence-corrected chi connectivity index (χ4v) is 4.16. The van der Waals surface area contributed by atoms with Crippen molar-refractivity contribution >= 4 is 15.8 Å². The Morgan fingerprint density at radius 2 is 1.77 bits per heavy atom. The molecule has 0 radical (unpaired) electrons. The van der Waals surface area contributed by atoms with Crippen LogP contribution in [0.2, 0.25) is 0 Å². The molecule has 1 aromatic carbocycles. The second-order valence-corrected chi connectivity index (χ2v) is 8.28. The molecular weight excluding hydrogens is 348 g/mol. The molecule has 26 heavy (non-hydrogen) atoms. The smallest absolute Gasteiger partial charge is 0.307 e. The summed E-state index contributed by atoms with van der Waals surface area (Å²) in [4.78, 5) is 12.1. The van der Waals surface area contributed by atoms with Crippen LogP contribution in [-0.2, 0) is 19.4 Å². The minimum atomic E-state index is -3.62. The first-order valence-corrected chi connectivity index (χ1v) is 10.8. The van der Waals surface area contributed by atoms with Crippen molar-refractivity contribution in [3.05, 3.63) is 55.1 Å². The molecule has 1 aromatic rings. The highest BCUT2D eigenvalue weighted by Gasteiger charge is 2.27. The van der Waals surface area contributed by atoms with E-state index in [1.807, 2.05) is 12.2 Å². The summed E-state index contributed by atoms with van der Waals surface area (Å²) < 4.78 is 30.6. The molecule has 0 spiro atoms. The topological polar surface area (TPSA) is 60.4 Å². The van der Waals surface area contributed by atoms with Gasteiger partial charge in [-0.25, -0.2) is 8.42 Å². The van der Waals surface area contributed by atoms with Crippen LogP contribution < -0.4 is 0 Å². The Labute approximate surface area is 157 Å². The third-order valence-corrected chi connectivity index (χ3v) is 6.07. The number of carbonyl (C=O) groups excluding carboxylic acids is 1. The number of esters is 1. The number of rotatable bonds is 13. The SMILES string of the molecule is C=CCCCCCC/C=C/C(CC(=O)OCC)S(=O)(=O)c1ccccc1. The van der Waals surface area contributed by atoms with Gasteiger partial charge in [0.05, 0.1) is 23.2 Å². The largest absolute Gasteiger partial charge is 0.466 e. The predicted molar refractivity (Wildman–Crippen MR) is 106 cm³/mol. The van der Waals surface area contributed by atoms with Crippen LogP contribution in [0.25, 0.3) is 0 Å². The summed E-state index contributed by atoms with van der Waals surface area (Å²) in [7, 11) is -3.62. The van der Waals surface area contributed by atoms with Gasteiger partial charge in [0.1, 0.15) is 0 Å². The van der Waals surface area contributed by atoms with E-state index in [1.165, 1.54) is 0 Å². The molecule has 0 aromatic heterocycles.